The molecular weight excluding hydrogens is 438 g/mol. The van der Waals surface area contributed by atoms with Gasteiger partial charge in [-0.1, -0.05) is 36.4 Å². The molecule has 8 heteroatoms. The molecule has 2 aromatic rings. The van der Waals surface area contributed by atoms with Gasteiger partial charge in [0.15, 0.2) is 16.7 Å². The van der Waals surface area contributed by atoms with Crippen LogP contribution in [0, 0.1) is 0 Å². The van der Waals surface area contributed by atoms with E-state index in [9.17, 15) is 9.90 Å². The Morgan fingerprint density at radius 3 is 2.45 bits per heavy atom. The summed E-state index contributed by atoms with van der Waals surface area (Å²) in [5, 5.41) is 10.8. The van der Waals surface area contributed by atoms with Crippen LogP contribution in [-0.4, -0.2) is 36.4 Å². The summed E-state index contributed by atoms with van der Waals surface area (Å²) < 4.78 is 10.5. The molecule has 3 N–H and O–H groups in total. The van der Waals surface area contributed by atoms with E-state index in [1.165, 1.54) is 26.0 Å². The molecule has 0 radical (unpaired) electrons. The Labute approximate surface area is 196 Å². The number of aliphatic imine (C=N–C) groups is 1. The third-order valence-electron chi connectivity index (χ3n) is 5.27. The highest BCUT2D eigenvalue weighted by molar-refractivity contribution is 8.19. The molecule has 170 valence electrons. The van der Waals surface area contributed by atoms with Gasteiger partial charge < -0.3 is 20.3 Å². The number of aromatic hydroxyl groups is 1. The van der Waals surface area contributed by atoms with Crippen molar-refractivity contribution >= 4 is 34.6 Å². The van der Waals surface area contributed by atoms with Crippen LogP contribution in [-0.2, 0) is 11.3 Å². The molecule has 1 amide bonds. The summed E-state index contributed by atoms with van der Waals surface area (Å²) in [5.74, 6) is 0.256. The molecule has 1 aliphatic carbocycles. The van der Waals surface area contributed by atoms with E-state index in [0.29, 0.717) is 22.2 Å². The number of rotatable bonds is 6. The molecule has 33 heavy (non-hydrogen) atoms. The standard InChI is InChI=1S/C25H25N3O4S/c1-31-20-12-17(13-21(32-2)23(20)29)14-22-24(30)28(19-10-8-16(15-26)9-11-19)25(33-22)27-18-6-4-3-5-7-18/h3-6,8-14,18,29H,7,15,26H2,1-2H3/b22-14+,27-25?. The third-order valence-corrected chi connectivity index (χ3v) is 6.25. The molecule has 4 rings (SSSR count). The Morgan fingerprint density at radius 1 is 1.18 bits per heavy atom. The fourth-order valence-corrected chi connectivity index (χ4v) is 4.56. The molecular formula is C25H25N3O4S. The molecule has 0 spiro atoms. The first kappa shape index (κ1) is 22.7. The molecule has 1 aliphatic heterocycles. The summed E-state index contributed by atoms with van der Waals surface area (Å²) in [6.07, 6.45) is 10.6. The molecule has 1 atom stereocenters. The number of hydrogen-bond acceptors (Lipinski definition) is 7. The number of carbonyl (C=O) groups excluding carboxylic acids is 1. The van der Waals surface area contributed by atoms with Crippen LogP contribution < -0.4 is 20.1 Å². The van der Waals surface area contributed by atoms with Crippen LogP contribution in [0.1, 0.15) is 17.5 Å². The van der Waals surface area contributed by atoms with Gasteiger partial charge in [-0.25, -0.2) is 0 Å². The normalized spacial score (nSPS) is 20.2. The van der Waals surface area contributed by atoms with Gasteiger partial charge in [-0.05, 0) is 59.7 Å². The Hall–Kier alpha value is -3.49. The second-order valence-corrected chi connectivity index (χ2v) is 8.43. The van der Waals surface area contributed by atoms with Crippen molar-refractivity contribution < 1.29 is 19.4 Å². The van der Waals surface area contributed by atoms with Crippen molar-refractivity contribution in [2.45, 2.75) is 19.0 Å². The summed E-state index contributed by atoms with van der Waals surface area (Å²) in [6.45, 7) is 0.429. The van der Waals surface area contributed by atoms with Crippen molar-refractivity contribution in [3.05, 3.63) is 76.7 Å². The number of benzene rings is 2. The van der Waals surface area contributed by atoms with E-state index >= 15 is 0 Å². The number of hydrogen-bond donors (Lipinski definition) is 2. The molecule has 0 saturated carbocycles. The van der Waals surface area contributed by atoms with E-state index in [-0.39, 0.29) is 29.2 Å². The minimum atomic E-state index is -0.180. The average molecular weight is 464 g/mol. The lowest BCUT2D eigenvalue weighted by Gasteiger charge is -2.18. The number of phenols is 1. The van der Waals surface area contributed by atoms with Gasteiger partial charge in [0.25, 0.3) is 5.91 Å². The van der Waals surface area contributed by atoms with Crippen LogP contribution in [0.2, 0.25) is 0 Å². The molecule has 1 heterocycles. The molecule has 1 saturated heterocycles. The van der Waals surface area contributed by atoms with Gasteiger partial charge in [0, 0.05) is 6.54 Å². The SMILES string of the molecule is COc1cc(/C=C2/SC(=NC3C=CC=CC3)N(c3ccc(CN)cc3)C2=O)cc(OC)c1O. The predicted molar refractivity (Wildman–Crippen MR) is 133 cm³/mol. The number of allylic oxidation sites excluding steroid dienone is 2. The highest BCUT2D eigenvalue weighted by Gasteiger charge is 2.35. The van der Waals surface area contributed by atoms with Crippen molar-refractivity contribution in [1.82, 2.24) is 0 Å². The van der Waals surface area contributed by atoms with Gasteiger partial charge in [-0.3, -0.25) is 14.7 Å². The van der Waals surface area contributed by atoms with E-state index in [1.54, 1.807) is 23.1 Å². The maximum Gasteiger partial charge on any atom is 0.271 e. The minimum Gasteiger partial charge on any atom is -0.502 e. The third kappa shape index (κ3) is 4.81. The van der Waals surface area contributed by atoms with E-state index in [1.807, 2.05) is 42.5 Å². The number of carbonyl (C=O) groups is 1. The number of methoxy groups -OCH3 is 2. The van der Waals surface area contributed by atoms with E-state index in [0.717, 1.165) is 17.7 Å². The van der Waals surface area contributed by atoms with Crippen molar-refractivity contribution in [2.75, 3.05) is 19.1 Å². The van der Waals surface area contributed by atoms with Crippen LogP contribution in [0.15, 0.2) is 70.6 Å². The zero-order chi connectivity index (χ0) is 23.4. The highest BCUT2D eigenvalue weighted by Crippen LogP contribution is 2.40. The van der Waals surface area contributed by atoms with Crippen LogP contribution in [0.25, 0.3) is 6.08 Å². The molecule has 0 aromatic heterocycles. The lowest BCUT2D eigenvalue weighted by molar-refractivity contribution is -0.113. The Kier molecular flexibility index (Phi) is 6.86. The summed E-state index contributed by atoms with van der Waals surface area (Å²) in [6, 6.07) is 10.8. The first-order valence-electron chi connectivity index (χ1n) is 10.4. The van der Waals surface area contributed by atoms with Crippen molar-refractivity contribution in [3.8, 4) is 17.2 Å². The van der Waals surface area contributed by atoms with Gasteiger partial charge >= 0.3 is 0 Å². The zero-order valence-electron chi connectivity index (χ0n) is 18.4. The number of amides is 1. The first-order valence-corrected chi connectivity index (χ1v) is 11.2. The lowest BCUT2D eigenvalue weighted by atomic mass is 10.1. The Morgan fingerprint density at radius 2 is 1.88 bits per heavy atom. The van der Waals surface area contributed by atoms with Gasteiger partial charge in [0.05, 0.1) is 30.9 Å². The first-order chi connectivity index (χ1) is 16.0. The number of phenolic OH excluding ortho intramolecular Hbond substituents is 1. The Bertz CT molecular complexity index is 1140. The fourth-order valence-electron chi connectivity index (χ4n) is 3.52. The second kappa shape index (κ2) is 9.97. The number of thioether (sulfide) groups is 1. The van der Waals surface area contributed by atoms with Crippen LogP contribution >= 0.6 is 11.8 Å². The number of nitrogens with two attached hydrogens (primary N) is 1. The number of ether oxygens (including phenoxy) is 2. The minimum absolute atomic E-state index is 0.0377. The summed E-state index contributed by atoms with van der Waals surface area (Å²) in [7, 11) is 2.93. The van der Waals surface area contributed by atoms with Crippen LogP contribution in [0.4, 0.5) is 5.69 Å². The number of amidine groups is 1. The van der Waals surface area contributed by atoms with Crippen molar-refractivity contribution in [3.63, 3.8) is 0 Å². The van der Waals surface area contributed by atoms with Gasteiger partial charge in [0.2, 0.25) is 5.75 Å². The molecule has 2 aromatic carbocycles. The highest BCUT2D eigenvalue weighted by atomic mass is 32.2. The molecule has 2 aliphatic rings. The molecule has 0 bridgehead atoms. The second-order valence-electron chi connectivity index (χ2n) is 7.42. The molecule has 7 nitrogen and oxygen atoms in total. The summed E-state index contributed by atoms with van der Waals surface area (Å²) >= 11 is 1.31. The maximum atomic E-state index is 13.5. The molecule has 1 fully saturated rings. The van der Waals surface area contributed by atoms with Crippen molar-refractivity contribution in [2.24, 2.45) is 10.7 Å². The predicted octanol–water partition coefficient (Wildman–Crippen LogP) is 4.23. The van der Waals surface area contributed by atoms with Crippen LogP contribution in [0.3, 0.4) is 0 Å². The number of anilines is 1. The van der Waals surface area contributed by atoms with Gasteiger partial charge in [-0.2, -0.15) is 0 Å². The van der Waals surface area contributed by atoms with E-state index < -0.39 is 0 Å². The fraction of sp³-hybridized carbons (Fsp3) is 0.200. The topological polar surface area (TPSA) is 97.4 Å². The largest absolute Gasteiger partial charge is 0.502 e. The molecule has 1 unspecified atom stereocenters. The monoisotopic (exact) mass is 463 g/mol. The van der Waals surface area contributed by atoms with Crippen LogP contribution in [0.5, 0.6) is 17.2 Å². The lowest BCUT2D eigenvalue weighted by Crippen LogP contribution is -2.29. The summed E-state index contributed by atoms with van der Waals surface area (Å²) in [5.41, 5.74) is 8.10. The van der Waals surface area contributed by atoms with Gasteiger partial charge in [0.1, 0.15) is 0 Å². The summed E-state index contributed by atoms with van der Waals surface area (Å²) in [4.78, 5) is 20.5. The smallest absolute Gasteiger partial charge is 0.271 e. The zero-order valence-corrected chi connectivity index (χ0v) is 19.2. The van der Waals surface area contributed by atoms with Gasteiger partial charge in [-0.15, -0.1) is 0 Å². The quantitative estimate of drug-likeness (QED) is 0.623. The average Bonchev–Trinajstić information content (AvgIpc) is 3.14. The van der Waals surface area contributed by atoms with E-state index in [2.05, 4.69) is 6.08 Å². The number of nitrogens with zero attached hydrogens (tertiary/aromatic N) is 2. The van der Waals surface area contributed by atoms with E-state index in [4.69, 9.17) is 20.2 Å². The van der Waals surface area contributed by atoms with Crippen molar-refractivity contribution in [1.29, 1.82) is 0 Å². The Balaban J connectivity index is 1.74. The maximum absolute atomic E-state index is 13.5.